The van der Waals surface area contributed by atoms with Crippen molar-refractivity contribution in [2.24, 2.45) is 7.05 Å². The average molecular weight is 594 g/mol. The fraction of sp³-hybridized carbons (Fsp3) is 0.273. The minimum absolute atomic E-state index is 0.0744. The number of urea groups is 1. The van der Waals surface area contributed by atoms with Gasteiger partial charge in [0.15, 0.2) is 0 Å². The van der Waals surface area contributed by atoms with Crippen LogP contribution in [0.1, 0.15) is 16.7 Å². The van der Waals surface area contributed by atoms with E-state index in [1.165, 1.54) is 0 Å². The van der Waals surface area contributed by atoms with E-state index in [2.05, 4.69) is 17.0 Å². The number of carbonyl (C=O) groups is 3. The van der Waals surface area contributed by atoms with E-state index in [0.29, 0.717) is 6.54 Å². The van der Waals surface area contributed by atoms with E-state index in [-0.39, 0.29) is 56.2 Å². The third kappa shape index (κ3) is 5.61. The molecule has 2 atom stereocenters. The summed E-state index contributed by atoms with van der Waals surface area (Å²) >= 11 is 0. The second-order valence-corrected chi connectivity index (χ2v) is 11.1. The van der Waals surface area contributed by atoms with E-state index in [0.717, 1.165) is 27.6 Å². The molecule has 0 bridgehead atoms. The fourth-order valence-electron chi connectivity index (χ4n) is 6.20. The SMILES string of the molecule is C=CCN1CC(=O)N2[C@@H](Cc3ccc(O)cc3)C(=O)N(Cc3cccc4cnn(C)c34)C[C@@H]2N1C(=O)NCc1ccccc1. The number of aryl methyl sites for hydroxylation is 1. The Morgan fingerprint density at radius 1 is 1.05 bits per heavy atom. The molecule has 2 aliphatic rings. The summed E-state index contributed by atoms with van der Waals surface area (Å²) in [5.41, 5.74) is 3.56. The number of hydrogen-bond acceptors (Lipinski definition) is 6. The van der Waals surface area contributed by atoms with Gasteiger partial charge in [0.05, 0.1) is 24.8 Å². The highest BCUT2D eigenvalue weighted by molar-refractivity contribution is 5.92. The number of nitrogens with one attached hydrogen (secondary N) is 1. The number of fused-ring (bicyclic) bond motifs is 2. The minimum atomic E-state index is -0.855. The van der Waals surface area contributed by atoms with Crippen molar-refractivity contribution in [3.05, 3.63) is 108 Å². The van der Waals surface area contributed by atoms with Gasteiger partial charge in [-0.2, -0.15) is 5.10 Å². The highest BCUT2D eigenvalue weighted by Crippen LogP contribution is 2.30. The van der Waals surface area contributed by atoms with Gasteiger partial charge in [-0.25, -0.2) is 14.8 Å². The van der Waals surface area contributed by atoms with Crippen LogP contribution in [-0.4, -0.2) is 84.4 Å². The number of piperazine rings is 1. The Kier molecular flexibility index (Phi) is 8.03. The highest BCUT2D eigenvalue weighted by atomic mass is 16.3. The van der Waals surface area contributed by atoms with Gasteiger partial charge in [0, 0.05) is 38.5 Å². The Hall–Kier alpha value is -5.16. The monoisotopic (exact) mass is 593 g/mol. The lowest BCUT2D eigenvalue weighted by Crippen LogP contribution is -2.76. The van der Waals surface area contributed by atoms with Gasteiger partial charge in [0.25, 0.3) is 0 Å². The van der Waals surface area contributed by atoms with Crippen molar-refractivity contribution in [3.63, 3.8) is 0 Å². The van der Waals surface area contributed by atoms with Crippen LogP contribution in [0.5, 0.6) is 5.75 Å². The van der Waals surface area contributed by atoms with Crippen molar-refractivity contribution in [1.29, 1.82) is 0 Å². The van der Waals surface area contributed by atoms with E-state index in [1.807, 2.05) is 55.6 Å². The number of hydrazine groups is 1. The van der Waals surface area contributed by atoms with Crippen LogP contribution in [0, 0.1) is 0 Å². The van der Waals surface area contributed by atoms with E-state index in [9.17, 15) is 19.5 Å². The van der Waals surface area contributed by atoms with Crippen LogP contribution >= 0.6 is 0 Å². The molecule has 2 saturated heterocycles. The number of aromatic nitrogens is 2. The van der Waals surface area contributed by atoms with E-state index in [4.69, 9.17) is 0 Å². The Morgan fingerprint density at radius 3 is 2.57 bits per heavy atom. The number of para-hydroxylation sites is 1. The zero-order valence-corrected chi connectivity index (χ0v) is 24.5. The molecule has 2 aliphatic heterocycles. The molecule has 0 spiro atoms. The maximum atomic E-state index is 14.3. The van der Waals surface area contributed by atoms with Gasteiger partial charge in [-0.1, -0.05) is 66.7 Å². The molecule has 226 valence electrons. The third-order valence-electron chi connectivity index (χ3n) is 8.24. The van der Waals surface area contributed by atoms with E-state index < -0.39 is 12.2 Å². The molecular weight excluding hydrogens is 558 g/mol. The van der Waals surface area contributed by atoms with Gasteiger partial charge in [0.2, 0.25) is 11.8 Å². The number of phenols is 1. The molecule has 4 aromatic rings. The van der Waals surface area contributed by atoms with Crippen molar-refractivity contribution in [1.82, 2.24) is 34.9 Å². The molecule has 0 unspecified atom stereocenters. The summed E-state index contributed by atoms with van der Waals surface area (Å²) in [6.45, 7) is 4.76. The molecule has 3 aromatic carbocycles. The summed E-state index contributed by atoms with van der Waals surface area (Å²) in [4.78, 5) is 45.3. The number of phenolic OH excluding ortho intramolecular Hbond substituents is 1. The number of rotatable bonds is 8. The Labute approximate surface area is 255 Å². The van der Waals surface area contributed by atoms with Gasteiger partial charge in [-0.15, -0.1) is 6.58 Å². The third-order valence-corrected chi connectivity index (χ3v) is 8.24. The molecule has 44 heavy (non-hydrogen) atoms. The number of aromatic hydroxyl groups is 1. The first-order valence-electron chi connectivity index (χ1n) is 14.6. The molecule has 1 aromatic heterocycles. The van der Waals surface area contributed by atoms with Gasteiger partial charge in [-0.05, 0) is 28.8 Å². The van der Waals surface area contributed by atoms with Crippen LogP contribution in [0.2, 0.25) is 0 Å². The van der Waals surface area contributed by atoms with Crippen LogP contribution in [0.4, 0.5) is 4.79 Å². The van der Waals surface area contributed by atoms with Crippen molar-refractivity contribution >= 4 is 28.7 Å². The molecule has 11 heteroatoms. The van der Waals surface area contributed by atoms with Gasteiger partial charge >= 0.3 is 6.03 Å². The van der Waals surface area contributed by atoms with Gasteiger partial charge in [-0.3, -0.25) is 14.3 Å². The first kappa shape index (κ1) is 28.9. The van der Waals surface area contributed by atoms with Crippen LogP contribution in [-0.2, 0) is 36.1 Å². The number of nitrogens with zero attached hydrogens (tertiary/aromatic N) is 6. The van der Waals surface area contributed by atoms with E-state index >= 15 is 0 Å². The summed E-state index contributed by atoms with van der Waals surface area (Å²) < 4.78 is 1.79. The highest BCUT2D eigenvalue weighted by Gasteiger charge is 2.51. The van der Waals surface area contributed by atoms with Crippen LogP contribution in [0.3, 0.4) is 0 Å². The smallest absolute Gasteiger partial charge is 0.334 e. The molecule has 0 saturated carbocycles. The lowest BCUT2D eigenvalue weighted by atomic mass is 9.98. The second kappa shape index (κ2) is 12.2. The predicted octanol–water partition coefficient (Wildman–Crippen LogP) is 3.02. The summed E-state index contributed by atoms with van der Waals surface area (Å²) in [7, 11) is 1.87. The fourth-order valence-corrected chi connectivity index (χ4v) is 6.20. The Bertz CT molecular complexity index is 1690. The molecule has 2 fully saturated rings. The van der Waals surface area contributed by atoms with Crippen molar-refractivity contribution in [2.75, 3.05) is 19.6 Å². The largest absolute Gasteiger partial charge is 0.508 e. The summed E-state index contributed by atoms with van der Waals surface area (Å²) in [6.07, 6.45) is 2.92. The molecule has 3 heterocycles. The molecule has 0 radical (unpaired) electrons. The summed E-state index contributed by atoms with van der Waals surface area (Å²) in [6, 6.07) is 20.9. The van der Waals surface area contributed by atoms with Gasteiger partial charge < -0.3 is 20.2 Å². The van der Waals surface area contributed by atoms with Crippen LogP contribution in [0.25, 0.3) is 10.9 Å². The molecule has 11 nitrogen and oxygen atoms in total. The van der Waals surface area contributed by atoms with Crippen molar-refractivity contribution < 1.29 is 19.5 Å². The van der Waals surface area contributed by atoms with Crippen molar-refractivity contribution in [2.45, 2.75) is 31.7 Å². The zero-order valence-electron chi connectivity index (χ0n) is 24.5. The molecular formula is C33H35N7O4. The lowest BCUT2D eigenvalue weighted by Gasteiger charge is -2.55. The number of hydrogen-bond donors (Lipinski definition) is 2. The average Bonchev–Trinajstić information content (AvgIpc) is 3.41. The maximum Gasteiger partial charge on any atom is 0.334 e. The second-order valence-electron chi connectivity index (χ2n) is 11.1. The number of carbonyl (C=O) groups excluding carboxylic acids is 3. The van der Waals surface area contributed by atoms with Gasteiger partial charge in [0.1, 0.15) is 18.0 Å². The minimum Gasteiger partial charge on any atom is -0.508 e. The van der Waals surface area contributed by atoms with Crippen molar-refractivity contribution in [3.8, 4) is 5.75 Å². The molecule has 4 amide bonds. The molecule has 0 aliphatic carbocycles. The molecule has 6 rings (SSSR count). The normalized spacial score (nSPS) is 18.9. The Morgan fingerprint density at radius 2 is 1.82 bits per heavy atom. The lowest BCUT2D eigenvalue weighted by molar-refractivity contribution is -0.189. The first-order chi connectivity index (χ1) is 21.3. The number of benzene rings is 3. The number of amides is 4. The quantitative estimate of drug-likeness (QED) is 0.304. The first-order valence-corrected chi connectivity index (χ1v) is 14.6. The maximum absolute atomic E-state index is 14.3. The Balaban J connectivity index is 1.37. The summed E-state index contributed by atoms with van der Waals surface area (Å²) in [5, 5.41) is 21.5. The molecule has 2 N–H and O–H groups in total. The van der Waals surface area contributed by atoms with Crippen LogP contribution < -0.4 is 5.32 Å². The predicted molar refractivity (Wildman–Crippen MR) is 165 cm³/mol. The standard InChI is InChI=1S/C33H35N7O4/c1-3-16-38-22-30(42)39-28(17-23-12-14-27(41)15-13-23)32(43)37(20-26-11-7-10-25-19-35-36(2)31(25)26)21-29(39)40(38)33(44)34-18-24-8-5-4-6-9-24/h3-15,19,28-29,41H,1,16-18,20-22H2,2H3,(H,34,44)/t28-,29-/m0/s1. The topological polar surface area (TPSA) is 114 Å². The van der Waals surface area contributed by atoms with E-state index in [1.54, 1.807) is 61.0 Å². The van der Waals surface area contributed by atoms with Crippen LogP contribution in [0.15, 0.2) is 91.6 Å². The summed E-state index contributed by atoms with van der Waals surface area (Å²) in [5.74, 6) is -0.332. The zero-order chi connectivity index (χ0) is 30.8.